The molecule has 0 unspecified atom stereocenters. The van der Waals surface area contributed by atoms with E-state index < -0.39 is 0 Å². The molecule has 5 rings (SSSR count). The first-order valence-corrected chi connectivity index (χ1v) is 13.4. The van der Waals surface area contributed by atoms with Gasteiger partial charge >= 0.3 is 0 Å². The Morgan fingerprint density at radius 2 is 1.23 bits per heavy atom. The van der Waals surface area contributed by atoms with Gasteiger partial charge in [0.1, 0.15) is 5.78 Å². The van der Waals surface area contributed by atoms with Gasteiger partial charge in [-0.3, -0.25) is 4.79 Å². The summed E-state index contributed by atoms with van der Waals surface area (Å²) in [5.41, 5.74) is 2.41. The lowest BCUT2D eigenvalue weighted by Crippen LogP contribution is -2.65. The summed E-state index contributed by atoms with van der Waals surface area (Å²) in [5, 5.41) is 0. The van der Waals surface area contributed by atoms with Gasteiger partial charge in [-0.25, -0.2) is 0 Å². The van der Waals surface area contributed by atoms with Gasteiger partial charge in [0.2, 0.25) is 0 Å². The Morgan fingerprint density at radius 3 is 1.87 bits per heavy atom. The van der Waals surface area contributed by atoms with Crippen LogP contribution < -0.4 is 0 Å². The SMILES string of the molecule is CC(=O)[C@H]1CC[C@]2(C)[C@H]3CC[C@@H]4[C@@]5(C)CCCC(C)(C)[C@@H]5CC[C@@]4(C)[C@]3(C)CC[C@@H]12. The largest absolute Gasteiger partial charge is 0.300 e. The van der Waals surface area contributed by atoms with Gasteiger partial charge < -0.3 is 0 Å². The minimum Gasteiger partial charge on any atom is -0.300 e. The van der Waals surface area contributed by atoms with E-state index in [-0.39, 0.29) is 0 Å². The van der Waals surface area contributed by atoms with Crippen molar-refractivity contribution in [1.82, 2.24) is 0 Å². The molecule has 0 heterocycles. The fourth-order valence-corrected chi connectivity index (χ4v) is 11.8. The Hall–Kier alpha value is -0.330. The zero-order valence-electron chi connectivity index (χ0n) is 21.1. The minimum atomic E-state index is 0.359. The van der Waals surface area contributed by atoms with Crippen LogP contribution >= 0.6 is 0 Å². The summed E-state index contributed by atoms with van der Waals surface area (Å²) in [5.74, 6) is 4.13. The summed E-state index contributed by atoms with van der Waals surface area (Å²) in [6.07, 6.45) is 15.3. The van der Waals surface area contributed by atoms with E-state index in [0.29, 0.717) is 44.7 Å². The molecule has 1 heteroatoms. The molecule has 0 aromatic rings. The van der Waals surface area contributed by atoms with Crippen molar-refractivity contribution in [3.8, 4) is 0 Å². The number of fused-ring (bicyclic) bond motifs is 7. The quantitative estimate of drug-likeness (QED) is 0.425. The molecule has 0 N–H and O–H groups in total. The third kappa shape index (κ3) is 2.45. The van der Waals surface area contributed by atoms with Crippen LogP contribution in [0.3, 0.4) is 0 Å². The maximum absolute atomic E-state index is 12.4. The van der Waals surface area contributed by atoms with Crippen molar-refractivity contribution in [3.05, 3.63) is 0 Å². The van der Waals surface area contributed by atoms with Gasteiger partial charge in [-0.15, -0.1) is 0 Å². The van der Waals surface area contributed by atoms with Crippen molar-refractivity contribution >= 4 is 5.78 Å². The molecule has 0 aliphatic heterocycles. The van der Waals surface area contributed by atoms with Crippen molar-refractivity contribution in [1.29, 1.82) is 0 Å². The predicted octanol–water partition coefficient (Wildman–Crippen LogP) is 8.07. The molecule has 0 saturated heterocycles. The molecule has 5 aliphatic rings. The second kappa shape index (κ2) is 6.38. The number of carbonyl (C=O) groups excluding carboxylic acids is 1. The van der Waals surface area contributed by atoms with Crippen molar-refractivity contribution in [2.75, 3.05) is 0 Å². The third-order valence-corrected chi connectivity index (χ3v) is 13.2. The maximum Gasteiger partial charge on any atom is 0.133 e. The lowest BCUT2D eigenvalue weighted by Gasteiger charge is -2.73. The minimum absolute atomic E-state index is 0.359. The van der Waals surface area contributed by atoms with Crippen LogP contribution in [-0.4, -0.2) is 5.78 Å². The van der Waals surface area contributed by atoms with Crippen LogP contribution in [0.5, 0.6) is 0 Å². The van der Waals surface area contributed by atoms with E-state index in [4.69, 9.17) is 0 Å². The van der Waals surface area contributed by atoms with Gasteiger partial charge in [0, 0.05) is 5.92 Å². The molecular formula is C29H48O. The molecule has 0 aromatic heterocycles. The van der Waals surface area contributed by atoms with Crippen LogP contribution in [0, 0.1) is 56.7 Å². The van der Waals surface area contributed by atoms with Crippen LogP contribution in [0.1, 0.15) is 119 Å². The molecule has 0 amide bonds. The molecule has 9 atom stereocenters. The zero-order valence-corrected chi connectivity index (χ0v) is 21.1. The van der Waals surface area contributed by atoms with Crippen molar-refractivity contribution in [2.45, 2.75) is 119 Å². The fourth-order valence-electron chi connectivity index (χ4n) is 11.8. The second-order valence-electron chi connectivity index (χ2n) is 14.4. The summed E-state index contributed by atoms with van der Waals surface area (Å²) >= 11 is 0. The summed E-state index contributed by atoms with van der Waals surface area (Å²) in [7, 11) is 0. The zero-order chi connectivity index (χ0) is 21.7. The number of hydrogen-bond donors (Lipinski definition) is 0. The number of Topliss-reactive ketones (excluding diaryl/α,β-unsaturated/α-hetero) is 1. The summed E-state index contributed by atoms with van der Waals surface area (Å²) in [4.78, 5) is 12.4. The van der Waals surface area contributed by atoms with E-state index in [0.717, 1.165) is 24.2 Å². The van der Waals surface area contributed by atoms with Gasteiger partial charge in [0.25, 0.3) is 0 Å². The standard InChI is InChI=1S/C29H48O/c1-19(30)20-11-16-26(4)21(20)12-17-28(6)23(26)9-10-24-27(5)15-8-14-25(2,3)22(27)13-18-29(24,28)7/h20-24H,8-18H2,1-7H3/t20-,21+,22+,23-,24-,26+,27+,28-,29-/m1/s1. The van der Waals surface area contributed by atoms with Gasteiger partial charge in [-0.2, -0.15) is 0 Å². The smallest absolute Gasteiger partial charge is 0.133 e. The van der Waals surface area contributed by atoms with Crippen LogP contribution in [0.2, 0.25) is 0 Å². The Kier molecular flexibility index (Phi) is 4.57. The number of hydrogen-bond acceptors (Lipinski definition) is 1. The summed E-state index contributed by atoms with van der Waals surface area (Å²) in [6, 6.07) is 0. The van der Waals surface area contributed by atoms with E-state index in [1.54, 1.807) is 0 Å². The average molecular weight is 413 g/mol. The van der Waals surface area contributed by atoms with Gasteiger partial charge in [-0.05, 0) is 122 Å². The van der Waals surface area contributed by atoms with Gasteiger partial charge in [0.05, 0.1) is 0 Å². The highest BCUT2D eigenvalue weighted by atomic mass is 16.1. The highest BCUT2D eigenvalue weighted by Gasteiger charge is 2.70. The van der Waals surface area contributed by atoms with E-state index in [1.165, 1.54) is 64.2 Å². The number of rotatable bonds is 1. The molecule has 170 valence electrons. The molecule has 0 aromatic carbocycles. The Labute approximate surface area is 186 Å². The lowest BCUT2D eigenvalue weighted by atomic mass is 9.32. The molecule has 0 spiro atoms. The predicted molar refractivity (Wildman–Crippen MR) is 125 cm³/mol. The Balaban J connectivity index is 1.53. The second-order valence-corrected chi connectivity index (χ2v) is 14.4. The fraction of sp³-hybridized carbons (Fsp3) is 0.966. The molecular weight excluding hydrogens is 364 g/mol. The molecule has 1 nitrogen and oxygen atoms in total. The first-order chi connectivity index (χ1) is 13.9. The maximum atomic E-state index is 12.4. The molecule has 5 saturated carbocycles. The highest BCUT2D eigenvalue weighted by Crippen LogP contribution is 2.77. The van der Waals surface area contributed by atoms with E-state index >= 15 is 0 Å². The first kappa shape index (κ1) is 21.5. The monoisotopic (exact) mass is 412 g/mol. The lowest BCUT2D eigenvalue weighted by molar-refractivity contribution is -0.240. The molecule has 0 bridgehead atoms. The average Bonchev–Trinajstić information content (AvgIpc) is 2.99. The molecule has 5 aliphatic carbocycles. The van der Waals surface area contributed by atoms with Crippen LogP contribution in [0.4, 0.5) is 0 Å². The highest BCUT2D eigenvalue weighted by molar-refractivity contribution is 5.79. The molecule has 30 heavy (non-hydrogen) atoms. The normalized spacial score (nSPS) is 57.0. The van der Waals surface area contributed by atoms with E-state index in [2.05, 4.69) is 41.5 Å². The Morgan fingerprint density at radius 1 is 0.633 bits per heavy atom. The molecule has 0 radical (unpaired) electrons. The first-order valence-electron chi connectivity index (χ1n) is 13.4. The number of carbonyl (C=O) groups is 1. The van der Waals surface area contributed by atoms with Crippen molar-refractivity contribution in [3.63, 3.8) is 0 Å². The van der Waals surface area contributed by atoms with Crippen molar-refractivity contribution < 1.29 is 4.79 Å². The summed E-state index contributed by atoms with van der Waals surface area (Å²) in [6.45, 7) is 17.8. The van der Waals surface area contributed by atoms with Crippen LogP contribution in [0.25, 0.3) is 0 Å². The number of ketones is 1. The Bertz CT molecular complexity index is 737. The van der Waals surface area contributed by atoms with Crippen molar-refractivity contribution in [2.24, 2.45) is 56.7 Å². The topological polar surface area (TPSA) is 17.1 Å². The van der Waals surface area contributed by atoms with Gasteiger partial charge in [0.15, 0.2) is 0 Å². The van der Waals surface area contributed by atoms with Crippen LogP contribution in [0.15, 0.2) is 0 Å². The van der Waals surface area contributed by atoms with Gasteiger partial charge in [-0.1, -0.05) is 48.0 Å². The van der Waals surface area contributed by atoms with E-state index in [1.807, 2.05) is 6.92 Å². The van der Waals surface area contributed by atoms with Crippen LogP contribution in [-0.2, 0) is 4.79 Å². The summed E-state index contributed by atoms with van der Waals surface area (Å²) < 4.78 is 0. The molecule has 5 fully saturated rings. The third-order valence-electron chi connectivity index (χ3n) is 13.2. The van der Waals surface area contributed by atoms with E-state index in [9.17, 15) is 4.79 Å².